The Morgan fingerprint density at radius 1 is 1.00 bits per heavy atom. The van der Waals surface area contributed by atoms with Crippen LogP contribution in [0.1, 0.15) is 22.6 Å². The number of hydrogen-bond donors (Lipinski definition) is 0. The van der Waals surface area contributed by atoms with Crippen molar-refractivity contribution in [3.8, 4) is 0 Å². The second-order valence-corrected chi connectivity index (χ2v) is 5.10. The van der Waals surface area contributed by atoms with Crippen molar-refractivity contribution in [2.45, 2.75) is 19.3 Å². The highest BCUT2D eigenvalue weighted by atomic mass is 79.9. The number of alkyl halides is 1. The third-order valence-corrected chi connectivity index (χ3v) is 3.80. The Balaban J connectivity index is 2.16. The lowest BCUT2D eigenvalue weighted by molar-refractivity contribution is 0.775. The first-order chi connectivity index (χ1) is 8.29. The largest absolute Gasteiger partial charge is 0.0921 e. The van der Waals surface area contributed by atoms with E-state index in [1.165, 1.54) is 16.7 Å². The first kappa shape index (κ1) is 12.4. The number of halogens is 1. The van der Waals surface area contributed by atoms with Gasteiger partial charge in [-0.25, -0.2) is 0 Å². The molecule has 2 aromatic carbocycles. The molecule has 88 valence electrons. The molecule has 0 radical (unpaired) electrons. The molecule has 0 saturated carbocycles. The molecule has 0 nitrogen and oxygen atoms in total. The SMILES string of the molecule is Cc1cccc(CC(CBr)c2ccccc2)c1. The zero-order chi connectivity index (χ0) is 12.1. The Morgan fingerprint density at radius 2 is 1.76 bits per heavy atom. The molecule has 0 aliphatic carbocycles. The van der Waals surface area contributed by atoms with Crippen molar-refractivity contribution in [3.05, 3.63) is 71.3 Å². The number of benzene rings is 2. The summed E-state index contributed by atoms with van der Waals surface area (Å²) in [6.45, 7) is 2.15. The lowest BCUT2D eigenvalue weighted by Crippen LogP contribution is -2.04. The van der Waals surface area contributed by atoms with Gasteiger partial charge in [0.2, 0.25) is 0 Å². The maximum atomic E-state index is 3.63. The van der Waals surface area contributed by atoms with Crippen LogP contribution < -0.4 is 0 Å². The van der Waals surface area contributed by atoms with Crippen LogP contribution in [0, 0.1) is 6.92 Å². The molecule has 2 aromatic rings. The Morgan fingerprint density at radius 3 is 2.41 bits per heavy atom. The van der Waals surface area contributed by atoms with E-state index < -0.39 is 0 Å². The fraction of sp³-hybridized carbons (Fsp3) is 0.250. The smallest absolute Gasteiger partial charge is 0.0103 e. The minimum atomic E-state index is 0.554. The Kier molecular flexibility index (Phi) is 4.38. The third kappa shape index (κ3) is 3.44. The highest BCUT2D eigenvalue weighted by Crippen LogP contribution is 2.23. The van der Waals surface area contributed by atoms with Crippen molar-refractivity contribution in [2.75, 3.05) is 5.33 Å². The van der Waals surface area contributed by atoms with E-state index in [1.54, 1.807) is 0 Å². The summed E-state index contributed by atoms with van der Waals surface area (Å²) in [5, 5.41) is 1.00. The van der Waals surface area contributed by atoms with Crippen molar-refractivity contribution in [1.29, 1.82) is 0 Å². The Hall–Kier alpha value is -1.08. The molecule has 17 heavy (non-hydrogen) atoms. The molecule has 0 heterocycles. The van der Waals surface area contributed by atoms with Crippen molar-refractivity contribution < 1.29 is 0 Å². The lowest BCUT2D eigenvalue weighted by Gasteiger charge is -2.14. The number of rotatable bonds is 4. The van der Waals surface area contributed by atoms with Crippen LogP contribution in [0.3, 0.4) is 0 Å². The summed E-state index contributed by atoms with van der Waals surface area (Å²) in [7, 11) is 0. The molecule has 0 saturated heterocycles. The zero-order valence-electron chi connectivity index (χ0n) is 10.1. The molecule has 0 bridgehead atoms. The maximum Gasteiger partial charge on any atom is 0.0103 e. The van der Waals surface area contributed by atoms with Gasteiger partial charge < -0.3 is 0 Å². The molecule has 1 unspecified atom stereocenters. The second-order valence-electron chi connectivity index (χ2n) is 4.46. The first-order valence-electron chi connectivity index (χ1n) is 5.96. The van der Waals surface area contributed by atoms with Gasteiger partial charge in [0.1, 0.15) is 0 Å². The van der Waals surface area contributed by atoms with Crippen LogP contribution in [0.5, 0.6) is 0 Å². The van der Waals surface area contributed by atoms with Gasteiger partial charge in [0, 0.05) is 5.33 Å². The summed E-state index contributed by atoms with van der Waals surface area (Å²) in [5.41, 5.74) is 4.16. The molecule has 1 heteroatoms. The summed E-state index contributed by atoms with van der Waals surface area (Å²) in [5.74, 6) is 0.554. The maximum absolute atomic E-state index is 3.63. The fourth-order valence-corrected chi connectivity index (χ4v) is 2.71. The van der Waals surface area contributed by atoms with Crippen LogP contribution in [0.4, 0.5) is 0 Å². The van der Waals surface area contributed by atoms with E-state index >= 15 is 0 Å². The van der Waals surface area contributed by atoms with Crippen molar-refractivity contribution >= 4 is 15.9 Å². The van der Waals surface area contributed by atoms with Crippen LogP contribution in [-0.4, -0.2) is 5.33 Å². The molecule has 2 rings (SSSR count). The van der Waals surface area contributed by atoms with E-state index in [0.29, 0.717) is 5.92 Å². The summed E-state index contributed by atoms with van der Waals surface area (Å²) >= 11 is 3.63. The third-order valence-electron chi connectivity index (χ3n) is 3.02. The summed E-state index contributed by atoms with van der Waals surface area (Å²) < 4.78 is 0. The van der Waals surface area contributed by atoms with Gasteiger partial charge in [0.15, 0.2) is 0 Å². The monoisotopic (exact) mass is 288 g/mol. The molecule has 0 aliphatic rings. The van der Waals surface area contributed by atoms with Gasteiger partial charge in [-0.05, 0) is 30.4 Å². The van der Waals surface area contributed by atoms with E-state index in [1.807, 2.05) is 0 Å². The molecular weight excluding hydrogens is 272 g/mol. The van der Waals surface area contributed by atoms with E-state index in [9.17, 15) is 0 Å². The van der Waals surface area contributed by atoms with Gasteiger partial charge in [0.25, 0.3) is 0 Å². The van der Waals surface area contributed by atoms with Gasteiger partial charge in [-0.2, -0.15) is 0 Å². The highest BCUT2D eigenvalue weighted by molar-refractivity contribution is 9.09. The van der Waals surface area contributed by atoms with Crippen LogP contribution in [0.25, 0.3) is 0 Å². The minimum Gasteiger partial charge on any atom is -0.0921 e. The lowest BCUT2D eigenvalue weighted by atomic mass is 9.93. The molecule has 1 atom stereocenters. The van der Waals surface area contributed by atoms with Crippen molar-refractivity contribution in [1.82, 2.24) is 0 Å². The van der Waals surface area contributed by atoms with Crippen molar-refractivity contribution in [2.24, 2.45) is 0 Å². The quantitative estimate of drug-likeness (QED) is 0.715. The van der Waals surface area contributed by atoms with Crippen molar-refractivity contribution in [3.63, 3.8) is 0 Å². The molecule has 0 N–H and O–H groups in total. The Labute approximate surface area is 112 Å². The van der Waals surface area contributed by atoms with E-state index in [-0.39, 0.29) is 0 Å². The van der Waals surface area contributed by atoms with Crippen LogP contribution >= 0.6 is 15.9 Å². The standard InChI is InChI=1S/C16H17Br/c1-13-6-5-7-14(10-13)11-16(12-17)15-8-3-2-4-9-15/h2-10,16H,11-12H2,1H3. The summed E-state index contributed by atoms with van der Waals surface area (Å²) in [6.07, 6.45) is 1.09. The minimum absolute atomic E-state index is 0.554. The zero-order valence-corrected chi connectivity index (χ0v) is 11.7. The van der Waals surface area contributed by atoms with Gasteiger partial charge in [0.05, 0.1) is 0 Å². The molecular formula is C16H17Br. The van der Waals surface area contributed by atoms with Gasteiger partial charge in [-0.15, -0.1) is 0 Å². The van der Waals surface area contributed by atoms with Gasteiger partial charge >= 0.3 is 0 Å². The fourth-order valence-electron chi connectivity index (χ4n) is 2.11. The highest BCUT2D eigenvalue weighted by Gasteiger charge is 2.10. The molecule has 0 aromatic heterocycles. The van der Waals surface area contributed by atoms with Crippen LogP contribution in [0.15, 0.2) is 54.6 Å². The average molecular weight is 289 g/mol. The van der Waals surface area contributed by atoms with E-state index in [2.05, 4.69) is 77.5 Å². The molecule has 0 amide bonds. The second kappa shape index (κ2) is 6.02. The summed E-state index contributed by atoms with van der Waals surface area (Å²) in [4.78, 5) is 0. The van der Waals surface area contributed by atoms with Gasteiger partial charge in [-0.3, -0.25) is 0 Å². The molecule has 0 aliphatic heterocycles. The average Bonchev–Trinajstić information content (AvgIpc) is 2.37. The Bertz CT molecular complexity index is 462. The van der Waals surface area contributed by atoms with Gasteiger partial charge in [-0.1, -0.05) is 76.1 Å². The first-order valence-corrected chi connectivity index (χ1v) is 7.08. The van der Waals surface area contributed by atoms with Crippen LogP contribution in [-0.2, 0) is 6.42 Å². The molecule has 0 spiro atoms. The predicted octanol–water partition coefficient (Wildman–Crippen LogP) is 4.72. The van der Waals surface area contributed by atoms with Crippen LogP contribution in [0.2, 0.25) is 0 Å². The summed E-state index contributed by atoms with van der Waals surface area (Å²) in [6, 6.07) is 19.5. The number of hydrogen-bond acceptors (Lipinski definition) is 0. The predicted molar refractivity (Wildman–Crippen MR) is 77.9 cm³/mol. The van der Waals surface area contributed by atoms with E-state index in [0.717, 1.165) is 11.8 Å². The van der Waals surface area contributed by atoms with E-state index in [4.69, 9.17) is 0 Å². The topological polar surface area (TPSA) is 0 Å². The normalized spacial score (nSPS) is 12.4. The molecule has 0 fully saturated rings. The number of aryl methyl sites for hydroxylation is 1.